The van der Waals surface area contributed by atoms with Crippen molar-refractivity contribution < 1.29 is 14.3 Å². The van der Waals surface area contributed by atoms with Gasteiger partial charge in [-0.15, -0.1) is 0 Å². The van der Waals surface area contributed by atoms with Gasteiger partial charge in [0, 0.05) is 0 Å². The van der Waals surface area contributed by atoms with Crippen molar-refractivity contribution in [3.05, 3.63) is 35.4 Å². The van der Waals surface area contributed by atoms with Crippen LogP contribution < -0.4 is 0 Å². The molecule has 1 heterocycles. The Bertz CT molecular complexity index is 410. The summed E-state index contributed by atoms with van der Waals surface area (Å²) in [6.07, 6.45) is 0.386. The maximum Gasteiger partial charge on any atom is 0.338 e. The van der Waals surface area contributed by atoms with E-state index in [1.165, 1.54) is 5.56 Å². The largest absolute Gasteiger partial charge is 0.464 e. The Balaban J connectivity index is 2.04. The first-order valence-electron chi connectivity index (χ1n) is 5.99. The van der Waals surface area contributed by atoms with Gasteiger partial charge >= 0.3 is 5.97 Å². The zero-order valence-electron chi connectivity index (χ0n) is 10.5. The fourth-order valence-electron chi connectivity index (χ4n) is 1.87. The topological polar surface area (TPSA) is 38.8 Å². The summed E-state index contributed by atoms with van der Waals surface area (Å²) in [6.45, 7) is 6.39. The highest BCUT2D eigenvalue weighted by atomic mass is 16.7. The van der Waals surface area contributed by atoms with Gasteiger partial charge in [0.05, 0.1) is 6.61 Å². The van der Waals surface area contributed by atoms with Gasteiger partial charge in [0.1, 0.15) is 5.60 Å². The number of epoxide rings is 1. The number of ether oxygens (including phenoxy) is 2. The van der Waals surface area contributed by atoms with E-state index in [0.29, 0.717) is 6.61 Å². The van der Waals surface area contributed by atoms with Crippen molar-refractivity contribution in [2.24, 2.45) is 0 Å². The van der Waals surface area contributed by atoms with E-state index in [9.17, 15) is 4.79 Å². The minimum atomic E-state index is -0.501. The fourth-order valence-corrected chi connectivity index (χ4v) is 1.87. The molecule has 0 saturated carbocycles. The Morgan fingerprint density at radius 3 is 2.65 bits per heavy atom. The van der Waals surface area contributed by atoms with E-state index < -0.39 is 11.7 Å². The van der Waals surface area contributed by atoms with Gasteiger partial charge in [0.25, 0.3) is 0 Å². The third-order valence-corrected chi connectivity index (χ3v) is 3.09. The molecule has 1 aliphatic heterocycles. The molecular formula is C14H18O3. The Hall–Kier alpha value is -1.35. The van der Waals surface area contributed by atoms with Crippen molar-refractivity contribution in [1.29, 1.82) is 0 Å². The SMILES string of the molecule is CCCOC(=O)C1OC1(C)c1ccc(C)cc1. The lowest BCUT2D eigenvalue weighted by Crippen LogP contribution is -2.19. The van der Waals surface area contributed by atoms with Crippen LogP contribution in [0.15, 0.2) is 24.3 Å². The van der Waals surface area contributed by atoms with E-state index in [1.54, 1.807) is 0 Å². The van der Waals surface area contributed by atoms with Crippen LogP contribution in [0.1, 0.15) is 31.4 Å². The van der Waals surface area contributed by atoms with Crippen molar-refractivity contribution >= 4 is 5.97 Å². The van der Waals surface area contributed by atoms with Gasteiger partial charge in [0.15, 0.2) is 6.10 Å². The van der Waals surface area contributed by atoms with Crippen molar-refractivity contribution in [2.45, 2.75) is 38.9 Å². The molecule has 1 fully saturated rings. The molecule has 0 spiro atoms. The monoisotopic (exact) mass is 234 g/mol. The summed E-state index contributed by atoms with van der Waals surface area (Å²) in [5.41, 5.74) is 1.73. The van der Waals surface area contributed by atoms with E-state index in [-0.39, 0.29) is 5.97 Å². The minimum absolute atomic E-state index is 0.255. The van der Waals surface area contributed by atoms with Crippen molar-refractivity contribution in [3.8, 4) is 0 Å². The average molecular weight is 234 g/mol. The lowest BCUT2D eigenvalue weighted by molar-refractivity contribution is -0.145. The molecule has 3 nitrogen and oxygen atoms in total. The predicted molar refractivity (Wildman–Crippen MR) is 64.7 cm³/mol. The van der Waals surface area contributed by atoms with Gasteiger partial charge in [0.2, 0.25) is 0 Å². The molecule has 92 valence electrons. The molecule has 2 atom stereocenters. The number of hydrogen-bond acceptors (Lipinski definition) is 3. The van der Waals surface area contributed by atoms with Gasteiger partial charge in [-0.1, -0.05) is 36.8 Å². The molecule has 0 bridgehead atoms. The van der Waals surface area contributed by atoms with Crippen molar-refractivity contribution in [2.75, 3.05) is 6.61 Å². The quantitative estimate of drug-likeness (QED) is 0.593. The molecule has 3 heteroatoms. The minimum Gasteiger partial charge on any atom is -0.464 e. The Morgan fingerprint density at radius 1 is 1.41 bits per heavy atom. The van der Waals surface area contributed by atoms with Crippen LogP contribution in [0.3, 0.4) is 0 Å². The molecule has 1 aliphatic rings. The molecule has 1 saturated heterocycles. The Labute approximate surface area is 102 Å². The fraction of sp³-hybridized carbons (Fsp3) is 0.500. The first-order valence-corrected chi connectivity index (χ1v) is 5.99. The van der Waals surface area contributed by atoms with Crippen LogP contribution in [0.25, 0.3) is 0 Å². The Morgan fingerprint density at radius 2 is 2.06 bits per heavy atom. The van der Waals surface area contributed by atoms with Gasteiger partial charge in [-0.25, -0.2) is 4.79 Å². The maximum absolute atomic E-state index is 11.7. The number of benzene rings is 1. The van der Waals surface area contributed by atoms with E-state index >= 15 is 0 Å². The van der Waals surface area contributed by atoms with Crippen LogP contribution in [0.4, 0.5) is 0 Å². The maximum atomic E-state index is 11.7. The first-order chi connectivity index (χ1) is 8.08. The molecule has 1 aromatic carbocycles. The van der Waals surface area contributed by atoms with Crippen molar-refractivity contribution in [3.63, 3.8) is 0 Å². The normalized spacial score (nSPS) is 26.6. The zero-order chi connectivity index (χ0) is 12.5. The van der Waals surface area contributed by atoms with Crippen LogP contribution in [-0.2, 0) is 19.9 Å². The lowest BCUT2D eigenvalue weighted by Gasteiger charge is -2.07. The van der Waals surface area contributed by atoms with Crippen LogP contribution in [0.5, 0.6) is 0 Å². The highest BCUT2D eigenvalue weighted by molar-refractivity contribution is 5.79. The molecule has 0 radical (unpaired) electrons. The van der Waals surface area contributed by atoms with Gasteiger partial charge < -0.3 is 9.47 Å². The summed E-state index contributed by atoms with van der Waals surface area (Å²) in [5, 5.41) is 0. The molecular weight excluding hydrogens is 216 g/mol. The third-order valence-electron chi connectivity index (χ3n) is 3.09. The van der Waals surface area contributed by atoms with E-state index in [2.05, 4.69) is 0 Å². The number of rotatable bonds is 4. The average Bonchev–Trinajstić information content (AvgIpc) is 3.01. The van der Waals surface area contributed by atoms with E-state index in [1.807, 2.05) is 45.0 Å². The number of aryl methyl sites for hydroxylation is 1. The van der Waals surface area contributed by atoms with Crippen LogP contribution in [-0.4, -0.2) is 18.7 Å². The number of esters is 1. The number of hydrogen-bond donors (Lipinski definition) is 0. The summed E-state index contributed by atoms with van der Waals surface area (Å²) >= 11 is 0. The standard InChI is InChI=1S/C14H18O3/c1-4-9-16-13(15)12-14(3,17-12)11-7-5-10(2)6-8-11/h5-8,12H,4,9H2,1-3H3. The second-order valence-corrected chi connectivity index (χ2v) is 4.64. The van der Waals surface area contributed by atoms with Gasteiger partial charge in [-0.3, -0.25) is 0 Å². The Kier molecular flexibility index (Phi) is 3.20. The predicted octanol–water partition coefficient (Wildman–Crippen LogP) is 2.56. The zero-order valence-corrected chi connectivity index (χ0v) is 10.5. The van der Waals surface area contributed by atoms with Crippen LogP contribution in [0, 0.1) is 6.92 Å². The first kappa shape index (κ1) is 12.1. The molecule has 0 aromatic heterocycles. The van der Waals surface area contributed by atoms with E-state index in [0.717, 1.165) is 12.0 Å². The number of carbonyl (C=O) groups is 1. The lowest BCUT2D eigenvalue weighted by atomic mass is 9.96. The second kappa shape index (κ2) is 4.49. The summed E-state index contributed by atoms with van der Waals surface area (Å²) in [4.78, 5) is 11.7. The number of carbonyl (C=O) groups excluding carboxylic acids is 1. The molecule has 0 amide bonds. The molecule has 17 heavy (non-hydrogen) atoms. The molecule has 0 N–H and O–H groups in total. The summed E-state index contributed by atoms with van der Waals surface area (Å²) in [6, 6.07) is 8.05. The molecule has 1 aromatic rings. The second-order valence-electron chi connectivity index (χ2n) is 4.64. The van der Waals surface area contributed by atoms with Gasteiger partial charge in [-0.2, -0.15) is 0 Å². The molecule has 2 rings (SSSR count). The smallest absolute Gasteiger partial charge is 0.338 e. The molecule has 0 aliphatic carbocycles. The summed E-state index contributed by atoms with van der Waals surface area (Å²) in [7, 11) is 0. The third kappa shape index (κ3) is 2.34. The molecule has 2 unspecified atom stereocenters. The van der Waals surface area contributed by atoms with Gasteiger partial charge in [-0.05, 0) is 25.8 Å². The van der Waals surface area contributed by atoms with E-state index in [4.69, 9.17) is 9.47 Å². The summed E-state index contributed by atoms with van der Waals surface area (Å²) in [5.74, 6) is -0.255. The highest BCUT2D eigenvalue weighted by Gasteiger charge is 2.59. The van der Waals surface area contributed by atoms with Crippen LogP contribution >= 0.6 is 0 Å². The van der Waals surface area contributed by atoms with Crippen molar-refractivity contribution in [1.82, 2.24) is 0 Å². The summed E-state index contributed by atoms with van der Waals surface area (Å²) < 4.78 is 10.6. The van der Waals surface area contributed by atoms with Crippen LogP contribution in [0.2, 0.25) is 0 Å². The highest BCUT2D eigenvalue weighted by Crippen LogP contribution is 2.46.